The number of anilines is 2. The molecular formula is C19H13Cl2FN4O4S. The zero-order valence-corrected chi connectivity index (χ0v) is 17.7. The van der Waals surface area contributed by atoms with Crippen LogP contribution in [-0.4, -0.2) is 19.6 Å². The predicted molar refractivity (Wildman–Crippen MR) is 118 cm³/mol. The number of sulfonamides is 1. The van der Waals surface area contributed by atoms with Gasteiger partial charge in [0, 0.05) is 22.3 Å². The van der Waals surface area contributed by atoms with Gasteiger partial charge in [0.15, 0.2) is 0 Å². The molecular weight excluding hydrogens is 470 g/mol. The quantitative estimate of drug-likeness (QED) is 0.269. The Kier molecular flexibility index (Phi) is 6.74. The Morgan fingerprint density at radius 3 is 2.42 bits per heavy atom. The first-order valence-corrected chi connectivity index (χ1v) is 10.7. The zero-order chi connectivity index (χ0) is 22.6. The van der Waals surface area contributed by atoms with Crippen molar-refractivity contribution in [2.75, 3.05) is 10.1 Å². The Bertz CT molecular complexity index is 1250. The highest BCUT2D eigenvalue weighted by Crippen LogP contribution is 2.29. The molecule has 0 aliphatic carbocycles. The Balaban J connectivity index is 1.86. The molecule has 8 nitrogen and oxygen atoms in total. The van der Waals surface area contributed by atoms with Gasteiger partial charge in [-0.05, 0) is 48.5 Å². The van der Waals surface area contributed by atoms with E-state index in [1.807, 2.05) is 0 Å². The third-order valence-electron chi connectivity index (χ3n) is 3.95. The molecule has 0 aliphatic heterocycles. The molecule has 0 bridgehead atoms. The molecule has 0 spiro atoms. The maximum atomic E-state index is 13.8. The van der Waals surface area contributed by atoms with E-state index in [1.54, 1.807) is 0 Å². The number of rotatable bonds is 7. The van der Waals surface area contributed by atoms with Crippen LogP contribution in [0.5, 0.6) is 0 Å². The number of nitrogens with one attached hydrogen (secondary N) is 2. The topological polar surface area (TPSA) is 114 Å². The third-order valence-corrected chi connectivity index (χ3v) is 5.91. The molecule has 3 rings (SSSR count). The van der Waals surface area contributed by atoms with Crippen LogP contribution in [0.25, 0.3) is 0 Å². The fourth-order valence-corrected chi connectivity index (χ4v) is 3.87. The van der Waals surface area contributed by atoms with Crippen molar-refractivity contribution >= 4 is 56.5 Å². The molecule has 2 N–H and O–H groups in total. The molecule has 31 heavy (non-hydrogen) atoms. The molecule has 0 fully saturated rings. The number of nitro groups is 1. The number of nitro benzene ring substituents is 1. The summed E-state index contributed by atoms with van der Waals surface area (Å²) in [6.45, 7) is 0. The number of hydrogen-bond donors (Lipinski definition) is 2. The first-order valence-electron chi connectivity index (χ1n) is 8.47. The van der Waals surface area contributed by atoms with Gasteiger partial charge >= 0.3 is 0 Å². The molecule has 3 aromatic carbocycles. The van der Waals surface area contributed by atoms with Gasteiger partial charge in [0.25, 0.3) is 15.7 Å². The molecule has 0 radical (unpaired) electrons. The Morgan fingerprint density at radius 1 is 1.06 bits per heavy atom. The van der Waals surface area contributed by atoms with E-state index in [1.165, 1.54) is 54.6 Å². The summed E-state index contributed by atoms with van der Waals surface area (Å²) in [5, 5.41) is 15.7. The van der Waals surface area contributed by atoms with E-state index in [4.69, 9.17) is 23.2 Å². The van der Waals surface area contributed by atoms with Crippen LogP contribution in [-0.2, 0) is 10.0 Å². The van der Waals surface area contributed by atoms with E-state index in [2.05, 4.69) is 15.2 Å². The van der Waals surface area contributed by atoms with Crippen LogP contribution in [0.3, 0.4) is 0 Å². The monoisotopic (exact) mass is 482 g/mol. The first-order chi connectivity index (χ1) is 14.7. The van der Waals surface area contributed by atoms with Gasteiger partial charge in [0.1, 0.15) is 11.5 Å². The lowest BCUT2D eigenvalue weighted by Crippen LogP contribution is -2.13. The lowest BCUT2D eigenvalue weighted by atomic mass is 10.2. The van der Waals surface area contributed by atoms with Crippen molar-refractivity contribution in [3.05, 3.63) is 92.2 Å². The van der Waals surface area contributed by atoms with Crippen molar-refractivity contribution in [3.8, 4) is 0 Å². The SMILES string of the molecule is O=[N+]([O-])c1cc(S(=O)(=O)Nc2ccc(Cl)cc2)ccc1NN=Cc1c(F)cccc1Cl. The van der Waals surface area contributed by atoms with Crippen molar-refractivity contribution in [3.63, 3.8) is 0 Å². The van der Waals surface area contributed by atoms with Crippen LogP contribution in [0.1, 0.15) is 5.56 Å². The van der Waals surface area contributed by atoms with E-state index in [0.29, 0.717) is 5.02 Å². The molecule has 0 amide bonds. The second kappa shape index (κ2) is 9.29. The van der Waals surface area contributed by atoms with Crippen LogP contribution in [0, 0.1) is 15.9 Å². The maximum absolute atomic E-state index is 13.8. The molecule has 0 heterocycles. The summed E-state index contributed by atoms with van der Waals surface area (Å²) < 4.78 is 41.2. The third kappa shape index (κ3) is 5.48. The molecule has 3 aromatic rings. The largest absolute Gasteiger partial charge is 0.295 e. The van der Waals surface area contributed by atoms with Gasteiger partial charge in [0.2, 0.25) is 0 Å². The minimum atomic E-state index is -4.10. The number of benzene rings is 3. The zero-order valence-electron chi connectivity index (χ0n) is 15.4. The van der Waals surface area contributed by atoms with Crippen molar-refractivity contribution < 1.29 is 17.7 Å². The minimum absolute atomic E-state index is 0.00863. The van der Waals surface area contributed by atoms with Crippen LogP contribution in [0.4, 0.5) is 21.5 Å². The summed E-state index contributed by atoms with van der Waals surface area (Å²) in [5.74, 6) is -0.623. The summed E-state index contributed by atoms with van der Waals surface area (Å²) in [6.07, 6.45) is 1.06. The Labute approximate surface area is 186 Å². The van der Waals surface area contributed by atoms with Gasteiger partial charge < -0.3 is 0 Å². The van der Waals surface area contributed by atoms with Gasteiger partial charge in [-0.3, -0.25) is 20.3 Å². The molecule has 0 saturated carbocycles. The van der Waals surface area contributed by atoms with E-state index in [-0.39, 0.29) is 26.9 Å². The number of hydrogen-bond acceptors (Lipinski definition) is 6. The van der Waals surface area contributed by atoms with Crippen LogP contribution < -0.4 is 10.1 Å². The minimum Gasteiger partial charge on any atom is -0.280 e. The van der Waals surface area contributed by atoms with Crippen LogP contribution in [0.15, 0.2) is 70.7 Å². The van der Waals surface area contributed by atoms with Crippen LogP contribution in [0.2, 0.25) is 10.0 Å². The highest BCUT2D eigenvalue weighted by atomic mass is 35.5. The van der Waals surface area contributed by atoms with Crippen LogP contribution >= 0.6 is 23.2 Å². The standard InChI is InChI=1S/C19H13Cl2FN4O4S/c20-12-4-6-13(7-5-12)25-31(29,30)14-8-9-18(19(10-14)26(27)28)24-23-11-15-16(21)2-1-3-17(15)22/h1-11,24-25H. The first kappa shape index (κ1) is 22.5. The van der Waals surface area contributed by atoms with Gasteiger partial charge in [-0.15, -0.1) is 0 Å². The fraction of sp³-hybridized carbons (Fsp3) is 0. The summed E-state index contributed by atoms with van der Waals surface area (Å²) in [6, 6.07) is 13.2. The summed E-state index contributed by atoms with van der Waals surface area (Å²) in [4.78, 5) is 10.3. The number of halogens is 3. The lowest BCUT2D eigenvalue weighted by molar-refractivity contribution is -0.384. The summed E-state index contributed by atoms with van der Waals surface area (Å²) in [7, 11) is -4.10. The normalized spacial score (nSPS) is 11.5. The van der Waals surface area contributed by atoms with Crippen molar-refractivity contribution in [2.45, 2.75) is 4.90 Å². The molecule has 0 saturated heterocycles. The molecule has 0 aromatic heterocycles. The van der Waals surface area contributed by atoms with Crippen molar-refractivity contribution in [1.82, 2.24) is 0 Å². The van der Waals surface area contributed by atoms with E-state index >= 15 is 0 Å². The van der Waals surface area contributed by atoms with E-state index < -0.39 is 26.5 Å². The lowest BCUT2D eigenvalue weighted by Gasteiger charge is -2.09. The van der Waals surface area contributed by atoms with Gasteiger partial charge in [-0.2, -0.15) is 5.10 Å². The van der Waals surface area contributed by atoms with E-state index in [9.17, 15) is 22.9 Å². The highest BCUT2D eigenvalue weighted by molar-refractivity contribution is 7.92. The molecule has 0 atom stereocenters. The molecule has 12 heteroatoms. The summed E-state index contributed by atoms with van der Waals surface area (Å²) in [5.41, 5.74) is 1.99. The smallest absolute Gasteiger partial charge is 0.280 e. The van der Waals surface area contributed by atoms with Gasteiger partial charge in [0.05, 0.1) is 21.1 Å². The molecule has 0 aliphatic rings. The average Bonchev–Trinajstić information content (AvgIpc) is 2.71. The Morgan fingerprint density at radius 2 is 1.77 bits per heavy atom. The van der Waals surface area contributed by atoms with E-state index in [0.717, 1.165) is 12.3 Å². The summed E-state index contributed by atoms with van der Waals surface area (Å²) >= 11 is 11.7. The van der Waals surface area contributed by atoms with Gasteiger partial charge in [-0.25, -0.2) is 12.8 Å². The fourth-order valence-electron chi connectivity index (χ4n) is 2.46. The molecule has 160 valence electrons. The van der Waals surface area contributed by atoms with Crippen molar-refractivity contribution in [1.29, 1.82) is 0 Å². The van der Waals surface area contributed by atoms with Crippen molar-refractivity contribution in [2.24, 2.45) is 5.10 Å². The van der Waals surface area contributed by atoms with Gasteiger partial charge in [-0.1, -0.05) is 29.3 Å². The maximum Gasteiger partial charge on any atom is 0.295 e. The predicted octanol–water partition coefficient (Wildman–Crippen LogP) is 5.29. The second-order valence-electron chi connectivity index (χ2n) is 6.05. The molecule has 0 unspecified atom stereocenters. The number of hydrazone groups is 1. The average molecular weight is 483 g/mol. The highest BCUT2D eigenvalue weighted by Gasteiger charge is 2.21. The number of nitrogens with zero attached hydrogens (tertiary/aromatic N) is 2. The Hall–Kier alpha value is -3.21. The second-order valence-corrected chi connectivity index (χ2v) is 8.58.